The Bertz CT molecular complexity index is 438. The van der Waals surface area contributed by atoms with Gasteiger partial charge in [-0.15, -0.1) is 0 Å². The maximum absolute atomic E-state index is 3.73. The number of likely N-dealkylation sites (N-methyl/N-ethyl adjacent to an activating group) is 3. The van der Waals surface area contributed by atoms with Crippen LogP contribution in [0.15, 0.2) is 18.2 Å². The van der Waals surface area contributed by atoms with Crippen molar-refractivity contribution in [1.29, 1.82) is 0 Å². The molecule has 0 spiro atoms. The normalized spacial score (nSPS) is 23.0. The average molecular weight is 289 g/mol. The van der Waals surface area contributed by atoms with Gasteiger partial charge in [-0.05, 0) is 59.6 Å². The van der Waals surface area contributed by atoms with E-state index in [0.717, 1.165) is 13.1 Å². The van der Waals surface area contributed by atoms with Gasteiger partial charge in [-0.25, -0.2) is 0 Å². The van der Waals surface area contributed by atoms with Crippen molar-refractivity contribution in [1.82, 2.24) is 15.1 Å². The quantitative estimate of drug-likeness (QED) is 0.919. The molecule has 0 aliphatic carbocycles. The van der Waals surface area contributed by atoms with E-state index in [4.69, 9.17) is 0 Å². The highest BCUT2D eigenvalue weighted by atomic mass is 15.2. The topological polar surface area (TPSA) is 18.5 Å². The molecule has 1 heterocycles. The molecule has 1 aliphatic rings. The fraction of sp³-hybridized carbons (Fsp3) is 0.667. The molecule has 0 saturated carbocycles. The molecule has 1 fully saturated rings. The molecule has 3 nitrogen and oxygen atoms in total. The summed E-state index contributed by atoms with van der Waals surface area (Å²) in [4.78, 5) is 5.01. The molecule has 1 aliphatic heterocycles. The minimum Gasteiger partial charge on any atom is -0.309 e. The first-order valence-electron chi connectivity index (χ1n) is 8.21. The molecule has 118 valence electrons. The number of nitrogens with zero attached hydrogens (tertiary/aromatic N) is 2. The Balaban J connectivity index is 2.31. The lowest BCUT2D eigenvalue weighted by Gasteiger charge is -2.35. The van der Waals surface area contributed by atoms with E-state index in [9.17, 15) is 0 Å². The second kappa shape index (κ2) is 7.39. The van der Waals surface area contributed by atoms with Crippen LogP contribution in [0.4, 0.5) is 0 Å². The van der Waals surface area contributed by atoms with Gasteiger partial charge in [0.15, 0.2) is 0 Å². The molecule has 1 saturated heterocycles. The third-order valence-corrected chi connectivity index (χ3v) is 4.53. The van der Waals surface area contributed by atoms with Gasteiger partial charge in [0, 0.05) is 18.6 Å². The van der Waals surface area contributed by atoms with E-state index in [1.807, 2.05) is 0 Å². The van der Waals surface area contributed by atoms with Crippen LogP contribution in [0.25, 0.3) is 0 Å². The van der Waals surface area contributed by atoms with Gasteiger partial charge in [-0.3, -0.25) is 0 Å². The molecule has 1 aromatic carbocycles. The Morgan fingerprint density at radius 1 is 1.14 bits per heavy atom. The van der Waals surface area contributed by atoms with E-state index in [0.29, 0.717) is 12.1 Å². The standard InChI is InChI=1S/C18H31N3/c1-6-19-18(16-11-14(2)10-15(3)12-16)17-13-20(4)8-7-9-21(17)5/h10-12,17-19H,6-9,13H2,1-5H3. The van der Waals surface area contributed by atoms with E-state index < -0.39 is 0 Å². The minimum absolute atomic E-state index is 0.402. The summed E-state index contributed by atoms with van der Waals surface area (Å²) in [6.45, 7) is 11.1. The van der Waals surface area contributed by atoms with E-state index in [1.165, 1.54) is 36.2 Å². The highest BCUT2D eigenvalue weighted by Gasteiger charge is 2.29. The molecular weight excluding hydrogens is 258 g/mol. The molecule has 2 atom stereocenters. The number of benzene rings is 1. The largest absolute Gasteiger partial charge is 0.309 e. The monoisotopic (exact) mass is 289 g/mol. The van der Waals surface area contributed by atoms with Crippen molar-refractivity contribution < 1.29 is 0 Å². The van der Waals surface area contributed by atoms with Crippen LogP contribution in [0.5, 0.6) is 0 Å². The lowest BCUT2D eigenvalue weighted by molar-refractivity contribution is 0.179. The van der Waals surface area contributed by atoms with Gasteiger partial charge >= 0.3 is 0 Å². The van der Waals surface area contributed by atoms with Gasteiger partial charge in [0.1, 0.15) is 0 Å². The van der Waals surface area contributed by atoms with E-state index >= 15 is 0 Å². The van der Waals surface area contributed by atoms with Crippen LogP contribution >= 0.6 is 0 Å². The highest BCUT2D eigenvalue weighted by Crippen LogP contribution is 2.25. The molecule has 1 aromatic rings. The molecule has 3 heteroatoms. The summed E-state index contributed by atoms with van der Waals surface area (Å²) in [5, 5.41) is 3.73. The Labute approximate surface area is 130 Å². The summed E-state index contributed by atoms with van der Waals surface area (Å²) in [7, 11) is 4.52. The van der Waals surface area contributed by atoms with Gasteiger partial charge in [0.25, 0.3) is 0 Å². The van der Waals surface area contributed by atoms with Crippen molar-refractivity contribution in [2.24, 2.45) is 0 Å². The lowest BCUT2D eigenvalue weighted by Crippen LogP contribution is -2.47. The molecular formula is C18H31N3. The molecule has 21 heavy (non-hydrogen) atoms. The summed E-state index contributed by atoms with van der Waals surface area (Å²) >= 11 is 0. The first-order chi connectivity index (χ1) is 10.0. The van der Waals surface area contributed by atoms with Gasteiger partial charge in [-0.1, -0.05) is 36.2 Å². The molecule has 0 bridgehead atoms. The van der Waals surface area contributed by atoms with Crippen molar-refractivity contribution >= 4 is 0 Å². The van der Waals surface area contributed by atoms with Crippen molar-refractivity contribution in [2.45, 2.75) is 39.3 Å². The zero-order valence-electron chi connectivity index (χ0n) is 14.3. The van der Waals surface area contributed by atoms with Crippen LogP contribution in [0.2, 0.25) is 0 Å². The predicted molar refractivity (Wildman–Crippen MR) is 90.9 cm³/mol. The fourth-order valence-corrected chi connectivity index (χ4v) is 3.55. The summed E-state index contributed by atoms with van der Waals surface area (Å²) in [6.07, 6.45) is 1.26. The van der Waals surface area contributed by atoms with Crippen molar-refractivity contribution in [3.05, 3.63) is 34.9 Å². The fourth-order valence-electron chi connectivity index (χ4n) is 3.55. The van der Waals surface area contributed by atoms with E-state index in [2.05, 4.69) is 68.2 Å². The molecule has 2 unspecified atom stereocenters. The number of hydrogen-bond acceptors (Lipinski definition) is 3. The maximum atomic E-state index is 3.73. The van der Waals surface area contributed by atoms with Crippen LogP contribution in [-0.4, -0.2) is 56.1 Å². The zero-order chi connectivity index (χ0) is 15.4. The summed E-state index contributed by atoms with van der Waals surface area (Å²) in [5.74, 6) is 0. The predicted octanol–water partition coefficient (Wildman–Crippen LogP) is 2.59. The summed E-state index contributed by atoms with van der Waals surface area (Å²) in [5.41, 5.74) is 4.15. The Morgan fingerprint density at radius 2 is 1.81 bits per heavy atom. The van der Waals surface area contributed by atoms with Crippen molar-refractivity contribution in [2.75, 3.05) is 40.3 Å². The zero-order valence-corrected chi connectivity index (χ0v) is 14.3. The summed E-state index contributed by atoms with van der Waals surface area (Å²) in [6, 6.07) is 7.88. The molecule has 2 rings (SSSR count). The number of hydrogen-bond donors (Lipinski definition) is 1. The Kier molecular flexibility index (Phi) is 5.80. The van der Waals surface area contributed by atoms with E-state index in [-0.39, 0.29) is 0 Å². The number of rotatable bonds is 4. The van der Waals surface area contributed by atoms with Crippen LogP contribution in [0, 0.1) is 13.8 Å². The van der Waals surface area contributed by atoms with Crippen LogP contribution < -0.4 is 5.32 Å². The SMILES string of the molecule is CCNC(c1cc(C)cc(C)c1)C1CN(C)CCCN1C. The second-order valence-corrected chi connectivity index (χ2v) is 6.62. The smallest absolute Gasteiger partial charge is 0.0490 e. The third-order valence-electron chi connectivity index (χ3n) is 4.53. The summed E-state index contributed by atoms with van der Waals surface area (Å²) < 4.78 is 0. The Hall–Kier alpha value is -0.900. The third kappa shape index (κ3) is 4.29. The maximum Gasteiger partial charge on any atom is 0.0490 e. The first-order valence-corrected chi connectivity index (χ1v) is 8.21. The van der Waals surface area contributed by atoms with E-state index in [1.54, 1.807) is 0 Å². The van der Waals surface area contributed by atoms with Gasteiger partial charge in [0.2, 0.25) is 0 Å². The van der Waals surface area contributed by atoms with Gasteiger partial charge in [0.05, 0.1) is 0 Å². The number of aryl methyl sites for hydroxylation is 2. The van der Waals surface area contributed by atoms with Gasteiger partial charge in [-0.2, -0.15) is 0 Å². The highest BCUT2D eigenvalue weighted by molar-refractivity contribution is 5.31. The molecule has 1 N–H and O–H groups in total. The molecule has 0 aromatic heterocycles. The number of nitrogens with one attached hydrogen (secondary N) is 1. The molecule has 0 radical (unpaired) electrons. The first kappa shape index (κ1) is 16.5. The van der Waals surface area contributed by atoms with Crippen LogP contribution in [0.3, 0.4) is 0 Å². The average Bonchev–Trinajstić information content (AvgIpc) is 2.56. The molecule has 0 amide bonds. The van der Waals surface area contributed by atoms with Crippen molar-refractivity contribution in [3.63, 3.8) is 0 Å². The second-order valence-electron chi connectivity index (χ2n) is 6.62. The Morgan fingerprint density at radius 3 is 2.43 bits per heavy atom. The van der Waals surface area contributed by atoms with Crippen molar-refractivity contribution in [3.8, 4) is 0 Å². The minimum atomic E-state index is 0.402. The lowest BCUT2D eigenvalue weighted by atomic mass is 9.94. The van der Waals surface area contributed by atoms with Crippen LogP contribution in [-0.2, 0) is 0 Å². The van der Waals surface area contributed by atoms with Crippen LogP contribution in [0.1, 0.15) is 36.1 Å². The van der Waals surface area contributed by atoms with Gasteiger partial charge < -0.3 is 15.1 Å².